The Morgan fingerprint density at radius 3 is 2.95 bits per heavy atom. The Kier molecular flexibility index (Phi) is 5.37. The molecule has 1 N–H and O–H groups in total. The van der Waals surface area contributed by atoms with Crippen molar-refractivity contribution in [3.63, 3.8) is 0 Å². The molecule has 0 bridgehead atoms. The lowest BCUT2D eigenvalue weighted by molar-refractivity contribution is 0.00574. The summed E-state index contributed by atoms with van der Waals surface area (Å²) in [4.78, 5) is 4.55. The molecule has 1 aliphatic heterocycles. The number of aliphatic hydroxyl groups excluding tert-OH is 1. The van der Waals surface area contributed by atoms with Gasteiger partial charge in [-0.1, -0.05) is 23.7 Å². The third-order valence-corrected chi connectivity index (χ3v) is 5.14. The van der Waals surface area contributed by atoms with Crippen LogP contribution in [0.4, 0.5) is 0 Å². The summed E-state index contributed by atoms with van der Waals surface area (Å²) in [5.41, 5.74) is 2.61. The Labute approximate surface area is 137 Å². The molecule has 0 aromatic heterocycles. The summed E-state index contributed by atoms with van der Waals surface area (Å²) >= 11 is 6.29. The molecule has 0 amide bonds. The van der Waals surface area contributed by atoms with Gasteiger partial charge in [-0.25, -0.2) is 0 Å². The van der Waals surface area contributed by atoms with Crippen molar-refractivity contribution in [1.29, 1.82) is 0 Å². The van der Waals surface area contributed by atoms with Crippen LogP contribution in [0.1, 0.15) is 23.6 Å². The van der Waals surface area contributed by atoms with Crippen molar-refractivity contribution in [2.75, 3.05) is 46.4 Å². The van der Waals surface area contributed by atoms with Crippen molar-refractivity contribution in [3.05, 3.63) is 34.3 Å². The van der Waals surface area contributed by atoms with E-state index >= 15 is 0 Å². The zero-order valence-corrected chi connectivity index (χ0v) is 13.9. The number of benzene rings is 1. The quantitative estimate of drug-likeness (QED) is 0.898. The van der Waals surface area contributed by atoms with E-state index in [0.29, 0.717) is 12.6 Å². The van der Waals surface area contributed by atoms with Crippen LogP contribution in [0.3, 0.4) is 0 Å². The lowest BCUT2D eigenvalue weighted by Crippen LogP contribution is -2.44. The summed E-state index contributed by atoms with van der Waals surface area (Å²) in [7, 11) is 2.10. The number of ether oxygens (including phenoxy) is 1. The minimum absolute atomic E-state index is 0.327. The van der Waals surface area contributed by atoms with Gasteiger partial charge in [-0.05, 0) is 37.1 Å². The molecule has 1 fully saturated rings. The standard InChI is InChI=1S/C17H25ClN2O2/c1-19(11-13(21)12-20-7-9-22-10-8-20)17-6-5-14-15(17)3-2-4-16(14)18/h2-4,13,17,21H,5-12H2,1H3. The van der Waals surface area contributed by atoms with Crippen molar-refractivity contribution in [2.24, 2.45) is 0 Å². The van der Waals surface area contributed by atoms with E-state index in [1.807, 2.05) is 12.1 Å². The highest BCUT2D eigenvalue weighted by molar-refractivity contribution is 6.31. The van der Waals surface area contributed by atoms with Crippen LogP contribution in [0.15, 0.2) is 18.2 Å². The minimum Gasteiger partial charge on any atom is -0.390 e. The molecule has 1 saturated heterocycles. The van der Waals surface area contributed by atoms with E-state index in [0.717, 1.165) is 50.7 Å². The van der Waals surface area contributed by atoms with E-state index in [9.17, 15) is 5.11 Å². The average molecular weight is 325 g/mol. The lowest BCUT2D eigenvalue weighted by Gasteiger charge is -2.32. The fourth-order valence-corrected chi connectivity index (χ4v) is 3.92. The highest BCUT2D eigenvalue weighted by Gasteiger charge is 2.28. The molecule has 2 unspecified atom stereocenters. The van der Waals surface area contributed by atoms with Crippen molar-refractivity contribution in [3.8, 4) is 0 Å². The predicted octanol–water partition coefficient (Wildman–Crippen LogP) is 1.95. The zero-order chi connectivity index (χ0) is 15.5. The van der Waals surface area contributed by atoms with Crippen molar-refractivity contribution >= 4 is 11.6 Å². The highest BCUT2D eigenvalue weighted by Crippen LogP contribution is 2.38. The maximum absolute atomic E-state index is 10.4. The Morgan fingerprint density at radius 2 is 2.18 bits per heavy atom. The first-order valence-electron chi connectivity index (χ1n) is 8.11. The Morgan fingerprint density at radius 1 is 1.41 bits per heavy atom. The van der Waals surface area contributed by atoms with Crippen LogP contribution in [0, 0.1) is 0 Å². The molecular formula is C17H25ClN2O2. The maximum Gasteiger partial charge on any atom is 0.0793 e. The Hall–Kier alpha value is -0.650. The number of hydrogen-bond donors (Lipinski definition) is 1. The summed E-state index contributed by atoms with van der Waals surface area (Å²) in [6, 6.07) is 6.53. The van der Waals surface area contributed by atoms with E-state index in [1.165, 1.54) is 11.1 Å². The molecule has 5 heteroatoms. The van der Waals surface area contributed by atoms with Crippen LogP contribution in [-0.2, 0) is 11.2 Å². The summed E-state index contributed by atoms with van der Waals surface area (Å²) in [5.74, 6) is 0. The van der Waals surface area contributed by atoms with E-state index in [2.05, 4.69) is 22.9 Å². The third kappa shape index (κ3) is 3.63. The first-order chi connectivity index (χ1) is 10.6. The number of nitrogens with zero attached hydrogens (tertiary/aromatic N) is 2. The molecule has 1 aromatic rings. The number of fused-ring (bicyclic) bond motifs is 1. The number of morpholine rings is 1. The van der Waals surface area contributed by atoms with E-state index in [-0.39, 0.29) is 6.10 Å². The van der Waals surface area contributed by atoms with Gasteiger partial charge in [0.15, 0.2) is 0 Å². The van der Waals surface area contributed by atoms with Gasteiger partial charge in [0.05, 0.1) is 19.3 Å². The fraction of sp³-hybridized carbons (Fsp3) is 0.647. The topological polar surface area (TPSA) is 35.9 Å². The molecule has 0 radical (unpaired) electrons. The van der Waals surface area contributed by atoms with Gasteiger partial charge in [-0.3, -0.25) is 9.80 Å². The molecule has 2 atom stereocenters. The van der Waals surface area contributed by atoms with Gasteiger partial charge in [0.25, 0.3) is 0 Å². The number of hydrogen-bond acceptors (Lipinski definition) is 4. The molecule has 3 rings (SSSR count). The van der Waals surface area contributed by atoms with Crippen LogP contribution in [0.2, 0.25) is 5.02 Å². The van der Waals surface area contributed by atoms with Crippen LogP contribution in [0.25, 0.3) is 0 Å². The second-order valence-electron chi connectivity index (χ2n) is 6.37. The molecule has 1 aromatic carbocycles. The first-order valence-corrected chi connectivity index (χ1v) is 8.48. The summed E-state index contributed by atoms with van der Waals surface area (Å²) < 4.78 is 5.35. The van der Waals surface area contributed by atoms with E-state index < -0.39 is 0 Å². The lowest BCUT2D eigenvalue weighted by atomic mass is 10.1. The monoisotopic (exact) mass is 324 g/mol. The average Bonchev–Trinajstić information content (AvgIpc) is 2.93. The highest BCUT2D eigenvalue weighted by atomic mass is 35.5. The van der Waals surface area contributed by atoms with Crippen molar-refractivity contribution in [1.82, 2.24) is 9.80 Å². The summed E-state index contributed by atoms with van der Waals surface area (Å²) in [6.45, 7) is 4.80. The maximum atomic E-state index is 10.4. The molecule has 0 spiro atoms. The first kappa shape index (κ1) is 16.2. The third-order valence-electron chi connectivity index (χ3n) is 4.79. The van der Waals surface area contributed by atoms with Gasteiger partial charge in [0.2, 0.25) is 0 Å². The van der Waals surface area contributed by atoms with Crippen LogP contribution in [-0.4, -0.2) is 67.5 Å². The normalized spacial score (nSPS) is 23.7. The van der Waals surface area contributed by atoms with Gasteiger partial charge in [-0.2, -0.15) is 0 Å². The zero-order valence-electron chi connectivity index (χ0n) is 13.2. The molecule has 122 valence electrons. The van der Waals surface area contributed by atoms with Gasteiger partial charge in [-0.15, -0.1) is 0 Å². The van der Waals surface area contributed by atoms with E-state index in [4.69, 9.17) is 16.3 Å². The fourth-order valence-electron chi connectivity index (χ4n) is 3.64. The molecule has 22 heavy (non-hydrogen) atoms. The smallest absolute Gasteiger partial charge is 0.0793 e. The molecule has 4 nitrogen and oxygen atoms in total. The SMILES string of the molecule is CN(CC(O)CN1CCOCC1)C1CCc2c(Cl)cccc21. The number of rotatable bonds is 5. The molecule has 0 saturated carbocycles. The van der Waals surface area contributed by atoms with Crippen LogP contribution >= 0.6 is 11.6 Å². The van der Waals surface area contributed by atoms with Crippen molar-refractivity contribution < 1.29 is 9.84 Å². The number of β-amino-alcohol motifs (C(OH)–C–C–N with tert-alkyl or cyclic N) is 1. The number of aliphatic hydroxyl groups is 1. The van der Waals surface area contributed by atoms with Gasteiger partial charge in [0.1, 0.15) is 0 Å². The van der Waals surface area contributed by atoms with Crippen LogP contribution in [0.5, 0.6) is 0 Å². The molecule has 2 aliphatic rings. The predicted molar refractivity (Wildman–Crippen MR) is 88.4 cm³/mol. The summed E-state index contributed by atoms with van der Waals surface area (Å²) in [5, 5.41) is 11.3. The largest absolute Gasteiger partial charge is 0.390 e. The van der Waals surface area contributed by atoms with Crippen LogP contribution < -0.4 is 0 Å². The Bertz CT molecular complexity index is 505. The minimum atomic E-state index is -0.327. The molecule has 1 heterocycles. The second-order valence-corrected chi connectivity index (χ2v) is 6.78. The molecular weight excluding hydrogens is 300 g/mol. The number of halogens is 1. The van der Waals surface area contributed by atoms with E-state index in [1.54, 1.807) is 0 Å². The van der Waals surface area contributed by atoms with Gasteiger partial charge >= 0.3 is 0 Å². The van der Waals surface area contributed by atoms with Crippen molar-refractivity contribution in [2.45, 2.75) is 25.0 Å². The van der Waals surface area contributed by atoms with Gasteiger partial charge in [0, 0.05) is 37.2 Å². The Balaban J connectivity index is 1.56. The molecule has 1 aliphatic carbocycles. The summed E-state index contributed by atoms with van der Waals surface area (Å²) in [6.07, 6.45) is 1.79. The second kappa shape index (κ2) is 7.28. The number of likely N-dealkylation sites (N-methyl/N-ethyl adjacent to an activating group) is 1. The van der Waals surface area contributed by atoms with Gasteiger partial charge < -0.3 is 9.84 Å².